The van der Waals surface area contributed by atoms with Crippen molar-refractivity contribution in [3.05, 3.63) is 41.3 Å². The van der Waals surface area contributed by atoms with Crippen LogP contribution in [0.15, 0.2) is 30.7 Å². The van der Waals surface area contributed by atoms with Gasteiger partial charge in [-0.05, 0) is 18.6 Å². The third kappa shape index (κ3) is 1.45. The lowest BCUT2D eigenvalue weighted by molar-refractivity contribution is 1.31. The standard InChI is InChI=1S/C10H9ClN2/c1-7-3-2-4-8(11)10(7)9-5-12-6-13-9/h2-6H,1H3,(H,12,13). The summed E-state index contributed by atoms with van der Waals surface area (Å²) >= 11 is 6.07. The van der Waals surface area contributed by atoms with Crippen molar-refractivity contribution in [2.75, 3.05) is 0 Å². The molecule has 13 heavy (non-hydrogen) atoms. The second-order valence-corrected chi connectivity index (χ2v) is 3.30. The van der Waals surface area contributed by atoms with Crippen molar-refractivity contribution in [2.24, 2.45) is 0 Å². The largest absolute Gasteiger partial charge is 0.345 e. The zero-order valence-electron chi connectivity index (χ0n) is 7.21. The fourth-order valence-corrected chi connectivity index (χ4v) is 1.69. The Morgan fingerprint density at radius 2 is 2.23 bits per heavy atom. The summed E-state index contributed by atoms with van der Waals surface area (Å²) in [6, 6.07) is 5.85. The molecule has 0 saturated carbocycles. The van der Waals surface area contributed by atoms with E-state index in [1.54, 1.807) is 12.5 Å². The minimum atomic E-state index is 0.754. The van der Waals surface area contributed by atoms with Gasteiger partial charge < -0.3 is 4.98 Å². The van der Waals surface area contributed by atoms with Gasteiger partial charge in [-0.15, -0.1) is 0 Å². The van der Waals surface area contributed by atoms with Gasteiger partial charge in [0.1, 0.15) is 0 Å². The van der Waals surface area contributed by atoms with Crippen LogP contribution in [-0.2, 0) is 0 Å². The van der Waals surface area contributed by atoms with Crippen LogP contribution in [0.3, 0.4) is 0 Å². The van der Waals surface area contributed by atoms with Gasteiger partial charge in [0.2, 0.25) is 0 Å². The van der Waals surface area contributed by atoms with Crippen molar-refractivity contribution in [2.45, 2.75) is 6.92 Å². The zero-order valence-corrected chi connectivity index (χ0v) is 7.97. The number of nitrogens with zero attached hydrogens (tertiary/aromatic N) is 1. The average Bonchev–Trinajstić information content (AvgIpc) is 2.57. The van der Waals surface area contributed by atoms with Crippen LogP contribution < -0.4 is 0 Å². The Balaban J connectivity index is 2.64. The molecule has 0 aliphatic rings. The highest BCUT2D eigenvalue weighted by Gasteiger charge is 2.06. The maximum atomic E-state index is 6.07. The first-order chi connectivity index (χ1) is 6.29. The Kier molecular flexibility index (Phi) is 2.07. The number of imidazole rings is 1. The molecule has 1 aromatic heterocycles. The zero-order chi connectivity index (χ0) is 9.26. The molecule has 66 valence electrons. The molecule has 1 aromatic carbocycles. The Labute approximate surface area is 81.6 Å². The number of halogens is 1. The van der Waals surface area contributed by atoms with Crippen LogP contribution in [0.1, 0.15) is 5.56 Å². The number of aromatic amines is 1. The van der Waals surface area contributed by atoms with Crippen molar-refractivity contribution >= 4 is 11.6 Å². The highest BCUT2D eigenvalue weighted by atomic mass is 35.5. The summed E-state index contributed by atoms with van der Waals surface area (Å²) in [6.45, 7) is 2.03. The van der Waals surface area contributed by atoms with Crippen molar-refractivity contribution in [1.82, 2.24) is 9.97 Å². The summed E-state index contributed by atoms with van der Waals surface area (Å²) in [7, 11) is 0. The molecular weight excluding hydrogens is 184 g/mol. The number of benzene rings is 1. The van der Waals surface area contributed by atoms with E-state index in [1.807, 2.05) is 25.1 Å². The maximum Gasteiger partial charge on any atom is 0.0924 e. The van der Waals surface area contributed by atoms with Gasteiger partial charge in [0.15, 0.2) is 0 Å². The predicted octanol–water partition coefficient (Wildman–Crippen LogP) is 3.04. The summed E-state index contributed by atoms with van der Waals surface area (Å²) in [4.78, 5) is 7.01. The predicted molar refractivity (Wildman–Crippen MR) is 53.8 cm³/mol. The van der Waals surface area contributed by atoms with Gasteiger partial charge in [-0.2, -0.15) is 0 Å². The summed E-state index contributed by atoms with van der Waals surface area (Å²) in [5, 5.41) is 0.754. The van der Waals surface area contributed by atoms with Crippen LogP contribution >= 0.6 is 11.6 Å². The van der Waals surface area contributed by atoms with E-state index in [1.165, 1.54) is 0 Å². The molecule has 0 bridgehead atoms. The number of aromatic nitrogens is 2. The molecule has 0 radical (unpaired) electrons. The van der Waals surface area contributed by atoms with E-state index in [4.69, 9.17) is 11.6 Å². The number of hydrogen-bond donors (Lipinski definition) is 1. The van der Waals surface area contributed by atoms with Crippen LogP contribution in [0.2, 0.25) is 5.02 Å². The van der Waals surface area contributed by atoms with E-state index in [0.29, 0.717) is 0 Å². The molecule has 0 unspecified atom stereocenters. The molecule has 0 amide bonds. The molecular formula is C10H9ClN2. The summed E-state index contributed by atoms with van der Waals surface area (Å²) in [5.41, 5.74) is 3.14. The lowest BCUT2D eigenvalue weighted by atomic mass is 10.1. The van der Waals surface area contributed by atoms with Gasteiger partial charge in [-0.3, -0.25) is 0 Å². The van der Waals surface area contributed by atoms with Crippen LogP contribution in [0.25, 0.3) is 11.3 Å². The van der Waals surface area contributed by atoms with Crippen molar-refractivity contribution in [3.63, 3.8) is 0 Å². The second kappa shape index (κ2) is 3.23. The molecule has 0 aliphatic heterocycles. The molecule has 2 aromatic rings. The molecule has 0 fully saturated rings. The van der Waals surface area contributed by atoms with Crippen molar-refractivity contribution < 1.29 is 0 Å². The van der Waals surface area contributed by atoms with Gasteiger partial charge in [0.25, 0.3) is 0 Å². The van der Waals surface area contributed by atoms with Crippen molar-refractivity contribution in [1.29, 1.82) is 0 Å². The first kappa shape index (κ1) is 8.32. The minimum Gasteiger partial charge on any atom is -0.345 e. The molecule has 3 heteroatoms. The van der Waals surface area contributed by atoms with Crippen molar-refractivity contribution in [3.8, 4) is 11.3 Å². The SMILES string of the molecule is Cc1cccc(Cl)c1-c1cnc[nH]1. The molecule has 2 nitrogen and oxygen atoms in total. The fraction of sp³-hybridized carbons (Fsp3) is 0.100. The lowest BCUT2D eigenvalue weighted by Gasteiger charge is -2.04. The van der Waals surface area contributed by atoms with Gasteiger partial charge in [0, 0.05) is 5.56 Å². The maximum absolute atomic E-state index is 6.07. The topological polar surface area (TPSA) is 28.7 Å². The Morgan fingerprint density at radius 1 is 1.38 bits per heavy atom. The Morgan fingerprint density at radius 3 is 2.85 bits per heavy atom. The molecule has 0 aliphatic carbocycles. The molecule has 0 atom stereocenters. The second-order valence-electron chi connectivity index (χ2n) is 2.90. The molecule has 0 spiro atoms. The van der Waals surface area contributed by atoms with Crippen LogP contribution in [0, 0.1) is 6.92 Å². The van der Waals surface area contributed by atoms with E-state index in [9.17, 15) is 0 Å². The molecule has 1 N–H and O–H groups in total. The van der Waals surface area contributed by atoms with Crippen LogP contribution in [0.5, 0.6) is 0 Å². The van der Waals surface area contributed by atoms with E-state index < -0.39 is 0 Å². The molecule has 1 heterocycles. The van der Waals surface area contributed by atoms with Crippen LogP contribution in [0.4, 0.5) is 0 Å². The quantitative estimate of drug-likeness (QED) is 0.739. The fourth-order valence-electron chi connectivity index (χ4n) is 1.37. The monoisotopic (exact) mass is 192 g/mol. The third-order valence-corrected chi connectivity index (χ3v) is 2.30. The van der Waals surface area contributed by atoms with E-state index in [0.717, 1.165) is 21.8 Å². The first-order valence-corrected chi connectivity index (χ1v) is 4.40. The summed E-state index contributed by atoms with van der Waals surface area (Å²) in [5.74, 6) is 0. The average molecular weight is 193 g/mol. The highest BCUT2D eigenvalue weighted by molar-refractivity contribution is 6.33. The van der Waals surface area contributed by atoms with Gasteiger partial charge in [-0.1, -0.05) is 23.7 Å². The smallest absolute Gasteiger partial charge is 0.0924 e. The first-order valence-electron chi connectivity index (χ1n) is 4.03. The van der Waals surface area contributed by atoms with Gasteiger partial charge >= 0.3 is 0 Å². The number of H-pyrrole nitrogens is 1. The van der Waals surface area contributed by atoms with E-state index in [2.05, 4.69) is 9.97 Å². The lowest BCUT2D eigenvalue weighted by Crippen LogP contribution is -1.83. The minimum absolute atomic E-state index is 0.754. The molecule has 0 saturated heterocycles. The summed E-state index contributed by atoms with van der Waals surface area (Å²) in [6.07, 6.45) is 3.42. The number of nitrogens with one attached hydrogen (secondary N) is 1. The van der Waals surface area contributed by atoms with Gasteiger partial charge in [0.05, 0.1) is 23.2 Å². The molecule has 2 rings (SSSR count). The number of aryl methyl sites for hydroxylation is 1. The summed E-state index contributed by atoms with van der Waals surface area (Å²) < 4.78 is 0. The number of rotatable bonds is 1. The van der Waals surface area contributed by atoms with E-state index >= 15 is 0 Å². The number of hydrogen-bond acceptors (Lipinski definition) is 1. The normalized spacial score (nSPS) is 10.3. The Bertz CT molecular complexity index is 387. The highest BCUT2D eigenvalue weighted by Crippen LogP contribution is 2.28. The van der Waals surface area contributed by atoms with Crippen LogP contribution in [-0.4, -0.2) is 9.97 Å². The Hall–Kier alpha value is -1.28. The van der Waals surface area contributed by atoms with Gasteiger partial charge in [-0.25, -0.2) is 4.98 Å². The van der Waals surface area contributed by atoms with E-state index in [-0.39, 0.29) is 0 Å². The third-order valence-electron chi connectivity index (χ3n) is 1.99.